The number of nitrogens with zero attached hydrogens (tertiary/aromatic N) is 3. The van der Waals surface area contributed by atoms with Gasteiger partial charge in [0.15, 0.2) is 0 Å². The van der Waals surface area contributed by atoms with Gasteiger partial charge in [-0.25, -0.2) is 4.98 Å². The monoisotopic (exact) mass is 382 g/mol. The Morgan fingerprint density at radius 1 is 1.21 bits per heavy atom. The Hall–Kier alpha value is -2.83. The third-order valence-corrected chi connectivity index (χ3v) is 6.13. The molecule has 28 heavy (non-hydrogen) atoms. The maximum absolute atomic E-state index is 12.8. The summed E-state index contributed by atoms with van der Waals surface area (Å²) >= 11 is 0. The summed E-state index contributed by atoms with van der Waals surface area (Å²) in [5, 5.41) is 0. The van der Waals surface area contributed by atoms with E-state index in [1.807, 2.05) is 41.0 Å². The number of nitrogens with one attached hydrogen (secondary N) is 1. The van der Waals surface area contributed by atoms with Crippen LogP contribution in [0.25, 0.3) is 0 Å². The summed E-state index contributed by atoms with van der Waals surface area (Å²) in [4.78, 5) is 36.2. The number of H-pyrrole nitrogens is 1. The zero-order valence-corrected chi connectivity index (χ0v) is 16.5. The molecule has 1 aromatic heterocycles. The summed E-state index contributed by atoms with van der Waals surface area (Å²) in [5.74, 6) is 1.54. The van der Waals surface area contributed by atoms with Crippen molar-refractivity contribution in [3.8, 4) is 5.75 Å². The number of hydrogen-bond donors (Lipinski definition) is 1. The lowest BCUT2D eigenvalue weighted by atomic mass is 9.89. The first-order chi connectivity index (χ1) is 13.5. The minimum absolute atomic E-state index is 0.00155. The van der Waals surface area contributed by atoms with Crippen LogP contribution in [0.1, 0.15) is 29.9 Å². The SMILES string of the molecule is COc1ccc([C@H]2[C@@H]3CN(C(=O)Cc4nc[nH]c4C)C[C@@H]3CN2C(C)=O)cc1. The van der Waals surface area contributed by atoms with E-state index in [2.05, 4.69) is 9.97 Å². The number of likely N-dealkylation sites (tertiary alicyclic amines) is 2. The molecule has 3 atom stereocenters. The topological polar surface area (TPSA) is 78.5 Å². The van der Waals surface area contributed by atoms with Gasteiger partial charge in [-0.15, -0.1) is 0 Å². The number of benzene rings is 1. The molecule has 2 fully saturated rings. The Labute approximate surface area is 164 Å². The van der Waals surface area contributed by atoms with Gasteiger partial charge in [-0.1, -0.05) is 12.1 Å². The zero-order valence-electron chi connectivity index (χ0n) is 16.5. The number of imidazole rings is 1. The molecule has 0 aliphatic carbocycles. The molecule has 2 saturated heterocycles. The molecule has 1 aromatic carbocycles. The van der Waals surface area contributed by atoms with Gasteiger partial charge in [-0.05, 0) is 24.6 Å². The van der Waals surface area contributed by atoms with E-state index in [9.17, 15) is 9.59 Å². The minimum Gasteiger partial charge on any atom is -0.497 e. The smallest absolute Gasteiger partial charge is 0.228 e. The highest BCUT2D eigenvalue weighted by molar-refractivity contribution is 5.79. The number of rotatable bonds is 4. The molecule has 1 N–H and O–H groups in total. The van der Waals surface area contributed by atoms with E-state index in [0.717, 1.165) is 22.7 Å². The van der Waals surface area contributed by atoms with Crippen molar-refractivity contribution in [3.05, 3.63) is 47.5 Å². The normalized spacial score (nSPS) is 23.8. The number of aryl methyl sites for hydroxylation is 1. The molecule has 0 spiro atoms. The van der Waals surface area contributed by atoms with E-state index in [4.69, 9.17) is 4.74 Å². The van der Waals surface area contributed by atoms with Crippen molar-refractivity contribution >= 4 is 11.8 Å². The fraction of sp³-hybridized carbons (Fsp3) is 0.476. The van der Waals surface area contributed by atoms with Gasteiger partial charge in [0.2, 0.25) is 11.8 Å². The van der Waals surface area contributed by atoms with Crippen LogP contribution in [0.4, 0.5) is 0 Å². The predicted molar refractivity (Wildman–Crippen MR) is 104 cm³/mol. The summed E-state index contributed by atoms with van der Waals surface area (Å²) in [6.45, 7) is 5.62. The summed E-state index contributed by atoms with van der Waals surface area (Å²) < 4.78 is 5.26. The molecule has 2 aromatic rings. The number of carbonyl (C=O) groups excluding carboxylic acids is 2. The Morgan fingerprint density at radius 2 is 1.96 bits per heavy atom. The van der Waals surface area contributed by atoms with E-state index in [-0.39, 0.29) is 23.8 Å². The summed E-state index contributed by atoms with van der Waals surface area (Å²) in [6, 6.07) is 7.91. The van der Waals surface area contributed by atoms with Gasteiger partial charge in [-0.3, -0.25) is 9.59 Å². The van der Waals surface area contributed by atoms with Gasteiger partial charge in [0, 0.05) is 44.1 Å². The molecule has 0 bridgehead atoms. The number of amides is 2. The molecule has 2 amide bonds. The Bertz CT molecular complexity index is 876. The average molecular weight is 382 g/mol. The van der Waals surface area contributed by atoms with Crippen LogP contribution in [0.3, 0.4) is 0 Å². The first-order valence-electron chi connectivity index (χ1n) is 9.65. The standard InChI is InChI=1S/C21H26N4O3/c1-13-19(23-12-22-13)8-20(27)24-9-16-10-25(14(2)26)21(18(16)11-24)15-4-6-17(28-3)7-5-15/h4-7,12,16,18,21H,8-11H2,1-3H3,(H,22,23)/t16-,18-,21+/m1/s1. The second-order valence-corrected chi connectivity index (χ2v) is 7.76. The fourth-order valence-corrected chi connectivity index (χ4v) is 4.62. The first kappa shape index (κ1) is 18.5. The fourth-order valence-electron chi connectivity index (χ4n) is 4.62. The van der Waals surface area contributed by atoms with Crippen LogP contribution in [0.15, 0.2) is 30.6 Å². The van der Waals surface area contributed by atoms with Crippen molar-refractivity contribution in [2.45, 2.75) is 26.3 Å². The van der Waals surface area contributed by atoms with Crippen molar-refractivity contribution in [2.75, 3.05) is 26.7 Å². The van der Waals surface area contributed by atoms with Crippen molar-refractivity contribution in [1.82, 2.24) is 19.8 Å². The molecule has 2 aliphatic heterocycles. The Morgan fingerprint density at radius 3 is 2.57 bits per heavy atom. The molecule has 4 rings (SSSR count). The lowest BCUT2D eigenvalue weighted by Crippen LogP contribution is -2.37. The van der Waals surface area contributed by atoms with Crippen LogP contribution in [0.2, 0.25) is 0 Å². The van der Waals surface area contributed by atoms with Crippen molar-refractivity contribution in [1.29, 1.82) is 0 Å². The molecule has 148 valence electrons. The first-order valence-corrected chi connectivity index (χ1v) is 9.65. The van der Waals surface area contributed by atoms with E-state index < -0.39 is 0 Å². The Balaban J connectivity index is 1.52. The maximum Gasteiger partial charge on any atom is 0.228 e. The molecule has 2 aliphatic rings. The average Bonchev–Trinajstić information content (AvgIpc) is 3.36. The highest BCUT2D eigenvalue weighted by Gasteiger charge is 2.49. The predicted octanol–water partition coefficient (Wildman–Crippen LogP) is 1.95. The van der Waals surface area contributed by atoms with Gasteiger partial charge < -0.3 is 19.5 Å². The van der Waals surface area contributed by atoms with Gasteiger partial charge in [-0.2, -0.15) is 0 Å². The van der Waals surface area contributed by atoms with Crippen LogP contribution >= 0.6 is 0 Å². The number of hydrogen-bond acceptors (Lipinski definition) is 4. The lowest BCUT2D eigenvalue weighted by Gasteiger charge is -2.29. The van der Waals surface area contributed by atoms with Crippen LogP contribution in [-0.2, 0) is 16.0 Å². The highest BCUT2D eigenvalue weighted by Crippen LogP contribution is 2.45. The summed E-state index contributed by atoms with van der Waals surface area (Å²) in [6.07, 6.45) is 1.94. The number of ether oxygens (including phenoxy) is 1. The Kier molecular flexibility index (Phi) is 4.83. The lowest BCUT2D eigenvalue weighted by molar-refractivity contribution is -0.131. The van der Waals surface area contributed by atoms with E-state index >= 15 is 0 Å². The highest BCUT2D eigenvalue weighted by atomic mass is 16.5. The molecule has 3 heterocycles. The minimum atomic E-state index is -0.00155. The van der Waals surface area contributed by atoms with Crippen LogP contribution in [-0.4, -0.2) is 58.3 Å². The second-order valence-electron chi connectivity index (χ2n) is 7.76. The molecular weight excluding hydrogens is 356 g/mol. The molecular formula is C21H26N4O3. The quantitative estimate of drug-likeness (QED) is 0.877. The summed E-state index contributed by atoms with van der Waals surface area (Å²) in [7, 11) is 1.64. The molecule has 7 heteroatoms. The van der Waals surface area contributed by atoms with Crippen molar-refractivity contribution in [3.63, 3.8) is 0 Å². The van der Waals surface area contributed by atoms with Crippen molar-refractivity contribution < 1.29 is 14.3 Å². The third kappa shape index (κ3) is 3.25. The second kappa shape index (κ2) is 7.30. The van der Waals surface area contributed by atoms with Gasteiger partial charge in [0.1, 0.15) is 5.75 Å². The number of carbonyl (C=O) groups is 2. The zero-order chi connectivity index (χ0) is 19.8. The van der Waals surface area contributed by atoms with Crippen LogP contribution < -0.4 is 4.74 Å². The van der Waals surface area contributed by atoms with Crippen molar-refractivity contribution in [2.24, 2.45) is 11.8 Å². The van der Waals surface area contributed by atoms with Gasteiger partial charge in [0.25, 0.3) is 0 Å². The number of aromatic amines is 1. The van der Waals surface area contributed by atoms with Crippen LogP contribution in [0, 0.1) is 18.8 Å². The largest absolute Gasteiger partial charge is 0.497 e. The van der Waals surface area contributed by atoms with E-state index in [1.165, 1.54) is 0 Å². The molecule has 0 saturated carbocycles. The van der Waals surface area contributed by atoms with Crippen LogP contribution in [0.5, 0.6) is 5.75 Å². The number of methoxy groups -OCH3 is 1. The molecule has 0 unspecified atom stereocenters. The number of aromatic nitrogens is 2. The van der Waals surface area contributed by atoms with E-state index in [1.54, 1.807) is 20.4 Å². The van der Waals surface area contributed by atoms with E-state index in [0.29, 0.717) is 32.0 Å². The van der Waals surface area contributed by atoms with Gasteiger partial charge >= 0.3 is 0 Å². The van der Waals surface area contributed by atoms with Gasteiger partial charge in [0.05, 0.1) is 31.6 Å². The summed E-state index contributed by atoms with van der Waals surface area (Å²) in [5.41, 5.74) is 2.84. The molecule has 7 nitrogen and oxygen atoms in total. The third-order valence-electron chi connectivity index (χ3n) is 6.13. The molecule has 0 radical (unpaired) electrons. The number of fused-ring (bicyclic) bond motifs is 1. The maximum atomic E-state index is 12.8.